The minimum atomic E-state index is 0.133. The molecule has 146 valence electrons. The topological polar surface area (TPSA) is 46.8 Å². The number of thiazole rings is 1. The van der Waals surface area contributed by atoms with Crippen molar-refractivity contribution in [3.8, 4) is 17.0 Å². The summed E-state index contributed by atoms with van der Waals surface area (Å²) in [5.74, 6) is 0.937. The SMILES string of the molecule is COc1cccc(-c2cn3c(CC(=O)N4CCCc5ccccc54)csc3n2)c1. The zero-order valence-electron chi connectivity index (χ0n) is 16.2. The minimum Gasteiger partial charge on any atom is -0.497 e. The summed E-state index contributed by atoms with van der Waals surface area (Å²) in [5.41, 5.74) is 5.17. The third-order valence-corrected chi connectivity index (χ3v) is 6.28. The Kier molecular flexibility index (Phi) is 4.56. The molecule has 0 saturated carbocycles. The second kappa shape index (κ2) is 7.37. The molecule has 0 atom stereocenters. The molecule has 1 amide bonds. The molecule has 5 rings (SSSR count). The number of hydrogen-bond acceptors (Lipinski definition) is 4. The Morgan fingerprint density at radius 3 is 3.00 bits per heavy atom. The highest BCUT2D eigenvalue weighted by atomic mass is 32.1. The summed E-state index contributed by atoms with van der Waals surface area (Å²) in [5, 5.41) is 2.03. The fourth-order valence-electron chi connectivity index (χ4n) is 3.92. The number of fused-ring (bicyclic) bond motifs is 2. The molecule has 0 aliphatic carbocycles. The predicted octanol–water partition coefficient (Wildman–Crippen LogP) is 4.59. The monoisotopic (exact) mass is 403 g/mol. The predicted molar refractivity (Wildman–Crippen MR) is 116 cm³/mol. The van der Waals surface area contributed by atoms with Crippen molar-refractivity contribution in [1.82, 2.24) is 9.38 Å². The van der Waals surface area contributed by atoms with E-state index in [1.165, 1.54) is 5.56 Å². The fourth-order valence-corrected chi connectivity index (χ4v) is 4.79. The van der Waals surface area contributed by atoms with Gasteiger partial charge in [0.25, 0.3) is 0 Å². The van der Waals surface area contributed by atoms with Gasteiger partial charge in [0.05, 0.1) is 19.2 Å². The third kappa shape index (κ3) is 3.29. The number of methoxy groups -OCH3 is 1. The van der Waals surface area contributed by atoms with Crippen molar-refractivity contribution < 1.29 is 9.53 Å². The molecule has 1 aliphatic rings. The van der Waals surface area contributed by atoms with Gasteiger partial charge in [-0.1, -0.05) is 30.3 Å². The van der Waals surface area contributed by atoms with E-state index in [1.807, 2.05) is 63.3 Å². The first-order chi connectivity index (χ1) is 14.2. The third-order valence-electron chi connectivity index (χ3n) is 5.39. The van der Waals surface area contributed by atoms with Crippen LogP contribution >= 0.6 is 11.3 Å². The highest BCUT2D eigenvalue weighted by Gasteiger charge is 2.23. The van der Waals surface area contributed by atoms with Crippen LogP contribution in [0, 0.1) is 0 Å². The summed E-state index contributed by atoms with van der Waals surface area (Å²) in [6, 6.07) is 16.1. The molecule has 5 nitrogen and oxygen atoms in total. The number of carbonyl (C=O) groups excluding carboxylic acids is 1. The van der Waals surface area contributed by atoms with Crippen molar-refractivity contribution in [2.75, 3.05) is 18.6 Å². The van der Waals surface area contributed by atoms with Crippen molar-refractivity contribution in [2.45, 2.75) is 19.3 Å². The number of anilines is 1. The van der Waals surface area contributed by atoms with Crippen LogP contribution in [0.4, 0.5) is 5.69 Å². The first-order valence-corrected chi connectivity index (χ1v) is 10.6. The number of hydrogen-bond donors (Lipinski definition) is 0. The van der Waals surface area contributed by atoms with Crippen LogP contribution < -0.4 is 9.64 Å². The molecule has 2 aromatic heterocycles. The van der Waals surface area contributed by atoms with Gasteiger partial charge in [-0.05, 0) is 36.6 Å². The number of ether oxygens (including phenoxy) is 1. The van der Waals surface area contributed by atoms with E-state index in [0.717, 1.165) is 52.7 Å². The molecule has 0 N–H and O–H groups in total. The molecule has 2 aromatic carbocycles. The van der Waals surface area contributed by atoms with Gasteiger partial charge in [-0.2, -0.15) is 0 Å². The number of para-hydroxylation sites is 1. The molecule has 0 bridgehead atoms. The number of aryl methyl sites for hydroxylation is 1. The Balaban J connectivity index is 1.43. The maximum atomic E-state index is 13.1. The number of benzene rings is 2. The van der Waals surface area contributed by atoms with Crippen LogP contribution in [0.3, 0.4) is 0 Å². The lowest BCUT2D eigenvalue weighted by Gasteiger charge is -2.29. The molecule has 3 heterocycles. The average molecular weight is 404 g/mol. The van der Waals surface area contributed by atoms with E-state index >= 15 is 0 Å². The molecule has 0 saturated heterocycles. The van der Waals surface area contributed by atoms with Crippen molar-refractivity contribution in [1.29, 1.82) is 0 Å². The summed E-state index contributed by atoms with van der Waals surface area (Å²) in [6.45, 7) is 0.780. The van der Waals surface area contributed by atoms with Crippen LogP contribution in [0.15, 0.2) is 60.1 Å². The Hall–Kier alpha value is -3.12. The van der Waals surface area contributed by atoms with Crippen LogP contribution in [0.2, 0.25) is 0 Å². The number of nitrogens with zero attached hydrogens (tertiary/aromatic N) is 3. The Morgan fingerprint density at radius 2 is 2.10 bits per heavy atom. The lowest BCUT2D eigenvalue weighted by molar-refractivity contribution is -0.118. The molecule has 0 fully saturated rings. The van der Waals surface area contributed by atoms with Gasteiger partial charge < -0.3 is 9.64 Å². The quantitative estimate of drug-likeness (QED) is 0.501. The van der Waals surface area contributed by atoms with Gasteiger partial charge >= 0.3 is 0 Å². The first-order valence-electron chi connectivity index (χ1n) is 9.71. The van der Waals surface area contributed by atoms with E-state index in [4.69, 9.17) is 9.72 Å². The smallest absolute Gasteiger partial charge is 0.232 e. The average Bonchev–Trinajstić information content (AvgIpc) is 3.35. The molecule has 0 radical (unpaired) electrons. The van der Waals surface area contributed by atoms with Crippen molar-refractivity contribution in [3.05, 3.63) is 71.4 Å². The number of imidazole rings is 1. The lowest BCUT2D eigenvalue weighted by atomic mass is 10.0. The van der Waals surface area contributed by atoms with Gasteiger partial charge in [0, 0.05) is 35.1 Å². The van der Waals surface area contributed by atoms with Crippen LogP contribution in [0.5, 0.6) is 5.75 Å². The van der Waals surface area contributed by atoms with Crippen molar-refractivity contribution >= 4 is 27.9 Å². The summed E-state index contributed by atoms with van der Waals surface area (Å²) in [4.78, 5) is 20.7. The van der Waals surface area contributed by atoms with E-state index in [2.05, 4.69) is 6.07 Å². The number of amides is 1. The highest BCUT2D eigenvalue weighted by molar-refractivity contribution is 7.15. The Bertz CT molecular complexity index is 1190. The van der Waals surface area contributed by atoms with Gasteiger partial charge in [0.1, 0.15) is 5.75 Å². The van der Waals surface area contributed by atoms with Gasteiger partial charge in [0.15, 0.2) is 4.96 Å². The van der Waals surface area contributed by atoms with Crippen molar-refractivity contribution in [2.24, 2.45) is 0 Å². The lowest BCUT2D eigenvalue weighted by Crippen LogP contribution is -2.36. The molecule has 1 aliphatic heterocycles. The van der Waals surface area contributed by atoms with Crippen LogP contribution in [0.25, 0.3) is 16.2 Å². The van der Waals surface area contributed by atoms with E-state index in [0.29, 0.717) is 6.42 Å². The normalized spacial score (nSPS) is 13.5. The maximum absolute atomic E-state index is 13.1. The molecule has 4 aromatic rings. The highest BCUT2D eigenvalue weighted by Crippen LogP contribution is 2.29. The van der Waals surface area contributed by atoms with Gasteiger partial charge in [-0.25, -0.2) is 4.98 Å². The number of rotatable bonds is 4. The van der Waals surface area contributed by atoms with Gasteiger partial charge in [-0.15, -0.1) is 11.3 Å². The zero-order valence-corrected chi connectivity index (χ0v) is 17.0. The van der Waals surface area contributed by atoms with Crippen LogP contribution in [0.1, 0.15) is 17.7 Å². The van der Waals surface area contributed by atoms with E-state index in [1.54, 1.807) is 18.4 Å². The van der Waals surface area contributed by atoms with Crippen LogP contribution in [-0.2, 0) is 17.6 Å². The second-order valence-electron chi connectivity index (χ2n) is 7.19. The van der Waals surface area contributed by atoms with Gasteiger partial charge in [-0.3, -0.25) is 9.20 Å². The molecule has 0 spiro atoms. The molecule has 0 unspecified atom stereocenters. The fraction of sp³-hybridized carbons (Fsp3) is 0.217. The first kappa shape index (κ1) is 17.9. The van der Waals surface area contributed by atoms with E-state index in [-0.39, 0.29) is 5.91 Å². The van der Waals surface area contributed by atoms with Crippen LogP contribution in [-0.4, -0.2) is 28.9 Å². The Morgan fingerprint density at radius 1 is 1.21 bits per heavy atom. The summed E-state index contributed by atoms with van der Waals surface area (Å²) in [6.07, 6.45) is 4.41. The standard InChI is InChI=1S/C23H21N3O2S/c1-28-19-9-4-7-17(12-19)20-14-26-18(15-29-23(26)24-20)13-22(27)25-11-5-8-16-6-2-3-10-21(16)25/h2-4,6-7,9-10,12,14-15H,5,8,11,13H2,1H3. The second-order valence-corrected chi connectivity index (χ2v) is 8.03. The number of aromatic nitrogens is 2. The molecular formula is C23H21N3O2S. The minimum absolute atomic E-state index is 0.133. The molecular weight excluding hydrogens is 382 g/mol. The summed E-state index contributed by atoms with van der Waals surface area (Å²) < 4.78 is 7.36. The zero-order chi connectivity index (χ0) is 19.8. The number of carbonyl (C=O) groups is 1. The Labute approximate surface area is 173 Å². The largest absolute Gasteiger partial charge is 0.497 e. The summed E-state index contributed by atoms with van der Waals surface area (Å²) in [7, 11) is 1.66. The van der Waals surface area contributed by atoms with E-state index < -0.39 is 0 Å². The molecule has 6 heteroatoms. The van der Waals surface area contributed by atoms with E-state index in [9.17, 15) is 4.79 Å². The maximum Gasteiger partial charge on any atom is 0.232 e. The van der Waals surface area contributed by atoms with Gasteiger partial charge in [0.2, 0.25) is 5.91 Å². The van der Waals surface area contributed by atoms with Crippen molar-refractivity contribution in [3.63, 3.8) is 0 Å². The molecule has 29 heavy (non-hydrogen) atoms. The summed E-state index contributed by atoms with van der Waals surface area (Å²) >= 11 is 1.56.